The van der Waals surface area contributed by atoms with Crippen molar-refractivity contribution < 1.29 is 37.0 Å². The summed E-state index contributed by atoms with van der Waals surface area (Å²) in [6.45, 7) is -0.683. The molecule has 1 aliphatic rings. The Hall–Kier alpha value is -3.23. The molecule has 6 nitrogen and oxygen atoms in total. The van der Waals surface area contributed by atoms with Crippen molar-refractivity contribution in [3.8, 4) is 11.5 Å². The van der Waals surface area contributed by atoms with E-state index >= 15 is 0 Å². The molecule has 2 aromatic rings. The minimum absolute atomic E-state index is 0.131. The highest BCUT2D eigenvalue weighted by molar-refractivity contribution is 5.95. The summed E-state index contributed by atoms with van der Waals surface area (Å²) in [7, 11) is 0. The van der Waals surface area contributed by atoms with Gasteiger partial charge in [0.1, 0.15) is 5.82 Å². The van der Waals surface area contributed by atoms with Crippen LogP contribution < -0.4 is 14.8 Å². The van der Waals surface area contributed by atoms with Crippen LogP contribution in [0.4, 0.5) is 18.9 Å². The van der Waals surface area contributed by atoms with Gasteiger partial charge in [0.15, 0.2) is 18.1 Å². The fourth-order valence-corrected chi connectivity index (χ4v) is 2.06. The zero-order valence-electron chi connectivity index (χ0n) is 12.4. The fourth-order valence-electron chi connectivity index (χ4n) is 2.06. The maximum absolute atomic E-state index is 13.4. The number of amides is 1. The fraction of sp³-hybridized carbons (Fsp3) is 0.125. The number of fused-ring (bicyclic) bond motifs is 1. The van der Waals surface area contributed by atoms with Crippen molar-refractivity contribution in [1.29, 1.82) is 0 Å². The van der Waals surface area contributed by atoms with Crippen molar-refractivity contribution in [1.82, 2.24) is 0 Å². The van der Waals surface area contributed by atoms with E-state index in [1.54, 1.807) is 0 Å². The average molecular weight is 353 g/mol. The second kappa shape index (κ2) is 6.34. The summed E-state index contributed by atoms with van der Waals surface area (Å²) in [5.74, 6) is -2.93. The van der Waals surface area contributed by atoms with E-state index in [0.717, 1.165) is 12.1 Å². The number of ether oxygens (including phenoxy) is 3. The standard InChI is InChI=1S/C16H10F3NO5/c17-11-4-2-1-3-10(11)15(22)23-8-14(21)20-9-5-6-12-13(7-9)25-16(18,19)24-12/h1-7H,8H2,(H,20,21). The number of carbonyl (C=O) groups excluding carboxylic acids is 2. The molecule has 0 atom stereocenters. The van der Waals surface area contributed by atoms with E-state index < -0.39 is 30.6 Å². The highest BCUT2D eigenvalue weighted by Crippen LogP contribution is 2.42. The summed E-state index contributed by atoms with van der Waals surface area (Å²) in [5.41, 5.74) is -0.174. The Bertz CT molecular complexity index is 840. The second-order valence-corrected chi connectivity index (χ2v) is 4.93. The number of rotatable bonds is 4. The van der Waals surface area contributed by atoms with Gasteiger partial charge in [0.2, 0.25) is 0 Å². The molecule has 3 rings (SSSR count). The van der Waals surface area contributed by atoms with Crippen LogP contribution in [0, 0.1) is 5.82 Å². The van der Waals surface area contributed by atoms with Gasteiger partial charge >= 0.3 is 12.3 Å². The smallest absolute Gasteiger partial charge is 0.452 e. The van der Waals surface area contributed by atoms with E-state index in [1.807, 2.05) is 0 Å². The molecule has 2 aromatic carbocycles. The van der Waals surface area contributed by atoms with Gasteiger partial charge in [0.25, 0.3) is 5.91 Å². The predicted molar refractivity (Wildman–Crippen MR) is 78.0 cm³/mol. The Morgan fingerprint density at radius 3 is 2.56 bits per heavy atom. The first-order valence-electron chi connectivity index (χ1n) is 6.95. The zero-order valence-corrected chi connectivity index (χ0v) is 12.4. The number of hydrogen-bond acceptors (Lipinski definition) is 5. The Morgan fingerprint density at radius 1 is 1.08 bits per heavy atom. The third-order valence-corrected chi connectivity index (χ3v) is 3.11. The summed E-state index contributed by atoms with van der Waals surface area (Å²) in [5, 5.41) is 2.33. The molecule has 0 saturated carbocycles. The van der Waals surface area contributed by atoms with Crippen LogP contribution in [0.2, 0.25) is 0 Å². The van der Waals surface area contributed by atoms with Crippen LogP contribution in [0.25, 0.3) is 0 Å². The minimum Gasteiger partial charge on any atom is -0.452 e. The van der Waals surface area contributed by atoms with Crippen LogP contribution in [0.3, 0.4) is 0 Å². The summed E-state index contributed by atoms with van der Waals surface area (Å²) in [6, 6.07) is 8.78. The first kappa shape index (κ1) is 16.6. The molecule has 0 spiro atoms. The Balaban J connectivity index is 1.57. The van der Waals surface area contributed by atoms with E-state index in [-0.39, 0.29) is 22.7 Å². The maximum Gasteiger partial charge on any atom is 0.586 e. The highest BCUT2D eigenvalue weighted by atomic mass is 19.3. The summed E-state index contributed by atoms with van der Waals surface area (Å²) < 4.78 is 52.4. The van der Waals surface area contributed by atoms with Gasteiger partial charge in [0, 0.05) is 11.8 Å². The van der Waals surface area contributed by atoms with Crippen LogP contribution in [0.1, 0.15) is 10.4 Å². The zero-order chi connectivity index (χ0) is 18.0. The van der Waals surface area contributed by atoms with Gasteiger partial charge in [-0.1, -0.05) is 12.1 Å². The number of anilines is 1. The molecule has 1 N–H and O–H groups in total. The van der Waals surface area contributed by atoms with Crippen molar-refractivity contribution in [3.05, 3.63) is 53.8 Å². The van der Waals surface area contributed by atoms with Gasteiger partial charge in [-0.3, -0.25) is 4.79 Å². The minimum atomic E-state index is -3.76. The van der Waals surface area contributed by atoms with E-state index in [0.29, 0.717) is 0 Å². The van der Waals surface area contributed by atoms with Crippen LogP contribution >= 0.6 is 0 Å². The third-order valence-electron chi connectivity index (χ3n) is 3.11. The van der Waals surface area contributed by atoms with Gasteiger partial charge in [-0.15, -0.1) is 8.78 Å². The lowest BCUT2D eigenvalue weighted by atomic mass is 10.2. The van der Waals surface area contributed by atoms with Crippen LogP contribution in [0.5, 0.6) is 11.5 Å². The molecule has 0 aromatic heterocycles. The van der Waals surface area contributed by atoms with E-state index in [2.05, 4.69) is 14.8 Å². The van der Waals surface area contributed by atoms with Crippen molar-refractivity contribution in [3.63, 3.8) is 0 Å². The number of carbonyl (C=O) groups is 2. The first-order valence-corrected chi connectivity index (χ1v) is 6.95. The molecule has 0 unspecified atom stereocenters. The van der Waals surface area contributed by atoms with Crippen molar-refractivity contribution in [2.45, 2.75) is 6.29 Å². The SMILES string of the molecule is O=C(COC(=O)c1ccccc1F)Nc1ccc2c(c1)OC(F)(F)O2. The van der Waals surface area contributed by atoms with Gasteiger partial charge in [-0.05, 0) is 24.3 Å². The average Bonchev–Trinajstić information content (AvgIpc) is 2.86. The van der Waals surface area contributed by atoms with E-state index in [4.69, 9.17) is 4.74 Å². The molecule has 1 heterocycles. The van der Waals surface area contributed by atoms with Gasteiger partial charge in [0.05, 0.1) is 5.56 Å². The quantitative estimate of drug-likeness (QED) is 0.856. The second-order valence-electron chi connectivity index (χ2n) is 4.93. The highest BCUT2D eigenvalue weighted by Gasteiger charge is 2.43. The molecule has 0 aliphatic carbocycles. The molecule has 9 heteroatoms. The lowest BCUT2D eigenvalue weighted by Crippen LogP contribution is -2.25. The number of hydrogen-bond donors (Lipinski definition) is 1. The van der Waals surface area contributed by atoms with Crippen molar-refractivity contribution in [2.75, 3.05) is 11.9 Å². The largest absolute Gasteiger partial charge is 0.586 e. The Morgan fingerprint density at radius 2 is 1.80 bits per heavy atom. The number of alkyl halides is 2. The number of esters is 1. The molecule has 1 amide bonds. The summed E-state index contributed by atoms with van der Waals surface area (Å²) >= 11 is 0. The van der Waals surface area contributed by atoms with Crippen LogP contribution in [-0.4, -0.2) is 24.8 Å². The molecule has 130 valence electrons. The number of nitrogens with one attached hydrogen (secondary N) is 1. The topological polar surface area (TPSA) is 73.9 Å². The van der Waals surface area contributed by atoms with E-state index in [9.17, 15) is 22.8 Å². The van der Waals surface area contributed by atoms with E-state index in [1.165, 1.54) is 30.3 Å². The molecule has 0 fully saturated rings. The molecule has 0 bridgehead atoms. The van der Waals surface area contributed by atoms with Gasteiger partial charge < -0.3 is 19.5 Å². The molecule has 1 aliphatic heterocycles. The Labute approximate surface area is 139 Å². The molecule has 0 radical (unpaired) electrons. The summed E-state index contributed by atoms with van der Waals surface area (Å²) in [6.07, 6.45) is -3.76. The first-order chi connectivity index (χ1) is 11.8. The van der Waals surface area contributed by atoms with Crippen LogP contribution in [0.15, 0.2) is 42.5 Å². The number of halogens is 3. The van der Waals surface area contributed by atoms with Gasteiger partial charge in [-0.2, -0.15) is 0 Å². The molecule has 25 heavy (non-hydrogen) atoms. The molecule has 0 saturated heterocycles. The van der Waals surface area contributed by atoms with Gasteiger partial charge in [-0.25, -0.2) is 9.18 Å². The Kier molecular flexibility index (Phi) is 4.22. The van der Waals surface area contributed by atoms with Crippen LogP contribution in [-0.2, 0) is 9.53 Å². The predicted octanol–water partition coefficient (Wildman–Crippen LogP) is 2.94. The van der Waals surface area contributed by atoms with Crippen molar-refractivity contribution in [2.24, 2.45) is 0 Å². The lowest BCUT2D eigenvalue weighted by molar-refractivity contribution is -0.286. The molecular formula is C16H10F3NO5. The summed E-state index contributed by atoms with van der Waals surface area (Å²) in [4.78, 5) is 23.4. The van der Waals surface area contributed by atoms with Crippen molar-refractivity contribution >= 4 is 17.6 Å². The lowest BCUT2D eigenvalue weighted by Gasteiger charge is -2.07. The number of benzene rings is 2. The third kappa shape index (κ3) is 3.82. The molecular weight excluding hydrogens is 343 g/mol. The monoisotopic (exact) mass is 353 g/mol. The normalized spacial score (nSPS) is 14.0. The maximum atomic E-state index is 13.4.